The van der Waals surface area contributed by atoms with Gasteiger partial charge in [-0.1, -0.05) is 26.2 Å². The summed E-state index contributed by atoms with van der Waals surface area (Å²) < 4.78 is 0. The number of hydrogen-bond donors (Lipinski definition) is 2. The Morgan fingerprint density at radius 3 is 2.36 bits per heavy atom. The lowest BCUT2D eigenvalue weighted by Crippen LogP contribution is -2.64. The summed E-state index contributed by atoms with van der Waals surface area (Å²) in [5, 5.41) is 3.84. The summed E-state index contributed by atoms with van der Waals surface area (Å²) in [5.74, 6) is 0.787. The van der Waals surface area contributed by atoms with Gasteiger partial charge in [-0.25, -0.2) is 0 Å². The Morgan fingerprint density at radius 2 is 1.93 bits per heavy atom. The summed E-state index contributed by atoms with van der Waals surface area (Å²) in [5.41, 5.74) is 6.22. The van der Waals surface area contributed by atoms with Crippen molar-refractivity contribution in [2.45, 2.75) is 63.5 Å². The first-order valence-electron chi connectivity index (χ1n) is 6.24. The van der Waals surface area contributed by atoms with Crippen LogP contribution < -0.4 is 11.1 Å². The predicted molar refractivity (Wildman–Crippen MR) is 60.2 cm³/mol. The van der Waals surface area contributed by atoms with Crippen molar-refractivity contribution in [2.75, 3.05) is 6.54 Å². The molecule has 2 aliphatic carbocycles. The van der Waals surface area contributed by atoms with Gasteiger partial charge in [0.15, 0.2) is 0 Å². The van der Waals surface area contributed by atoms with E-state index in [1.54, 1.807) is 0 Å². The van der Waals surface area contributed by atoms with Gasteiger partial charge < -0.3 is 11.1 Å². The van der Waals surface area contributed by atoms with E-state index in [-0.39, 0.29) is 0 Å². The van der Waals surface area contributed by atoms with Crippen LogP contribution in [0.15, 0.2) is 0 Å². The molecular weight excluding hydrogens is 172 g/mol. The lowest BCUT2D eigenvalue weighted by molar-refractivity contribution is 0.0820. The summed E-state index contributed by atoms with van der Waals surface area (Å²) in [6.07, 6.45) is 9.64. The van der Waals surface area contributed by atoms with Crippen molar-refractivity contribution >= 4 is 0 Å². The highest BCUT2D eigenvalue weighted by Crippen LogP contribution is 2.38. The van der Waals surface area contributed by atoms with E-state index in [4.69, 9.17) is 5.73 Å². The number of nitrogens with one attached hydrogen (secondary N) is 1. The molecule has 0 heterocycles. The maximum Gasteiger partial charge on any atom is 0.0332 e. The molecule has 2 aliphatic rings. The molecule has 2 fully saturated rings. The summed E-state index contributed by atoms with van der Waals surface area (Å²) in [6.45, 7) is 3.16. The second-order valence-electron chi connectivity index (χ2n) is 5.28. The van der Waals surface area contributed by atoms with Gasteiger partial charge in [0, 0.05) is 18.1 Å². The van der Waals surface area contributed by atoms with Crippen LogP contribution in [0.4, 0.5) is 0 Å². The van der Waals surface area contributed by atoms with E-state index < -0.39 is 0 Å². The Bertz CT molecular complexity index is 183. The van der Waals surface area contributed by atoms with Crippen LogP contribution in [-0.4, -0.2) is 18.1 Å². The van der Waals surface area contributed by atoms with Gasteiger partial charge in [0.2, 0.25) is 0 Å². The number of nitrogens with two attached hydrogens (primary N) is 1. The van der Waals surface area contributed by atoms with E-state index in [1.165, 1.54) is 44.9 Å². The minimum atomic E-state index is 0.308. The largest absolute Gasteiger partial charge is 0.329 e. The zero-order valence-electron chi connectivity index (χ0n) is 9.39. The second-order valence-corrected chi connectivity index (χ2v) is 5.28. The molecule has 0 spiro atoms. The smallest absolute Gasteiger partial charge is 0.0332 e. The van der Waals surface area contributed by atoms with Gasteiger partial charge in [-0.05, 0) is 31.6 Å². The lowest BCUT2D eigenvalue weighted by atomic mass is 9.67. The Morgan fingerprint density at radius 1 is 1.21 bits per heavy atom. The average molecular weight is 196 g/mol. The van der Waals surface area contributed by atoms with Crippen molar-refractivity contribution in [1.29, 1.82) is 0 Å². The minimum absolute atomic E-state index is 0.308. The van der Waals surface area contributed by atoms with E-state index in [0.29, 0.717) is 5.54 Å². The van der Waals surface area contributed by atoms with Crippen LogP contribution in [-0.2, 0) is 0 Å². The molecule has 3 N–H and O–H groups in total. The Hall–Kier alpha value is -0.0800. The van der Waals surface area contributed by atoms with Gasteiger partial charge >= 0.3 is 0 Å². The van der Waals surface area contributed by atoms with Crippen molar-refractivity contribution in [3.8, 4) is 0 Å². The van der Waals surface area contributed by atoms with Crippen molar-refractivity contribution in [3.63, 3.8) is 0 Å². The van der Waals surface area contributed by atoms with E-state index in [0.717, 1.165) is 18.5 Å². The summed E-state index contributed by atoms with van der Waals surface area (Å²) in [6, 6.07) is 0.759. The minimum Gasteiger partial charge on any atom is -0.329 e. The fraction of sp³-hybridized carbons (Fsp3) is 1.00. The molecule has 0 saturated heterocycles. The van der Waals surface area contributed by atoms with Gasteiger partial charge in [-0.3, -0.25) is 0 Å². The van der Waals surface area contributed by atoms with Gasteiger partial charge in [0.05, 0.1) is 0 Å². The zero-order chi connectivity index (χ0) is 10.0. The van der Waals surface area contributed by atoms with E-state index in [9.17, 15) is 0 Å². The maximum atomic E-state index is 5.91. The summed E-state index contributed by atoms with van der Waals surface area (Å²) >= 11 is 0. The molecule has 0 aromatic rings. The highest BCUT2D eigenvalue weighted by Gasteiger charge is 2.43. The Labute approximate surface area is 87.6 Å². The zero-order valence-corrected chi connectivity index (χ0v) is 9.39. The molecule has 82 valence electrons. The lowest BCUT2D eigenvalue weighted by Gasteiger charge is -2.50. The van der Waals surface area contributed by atoms with Crippen molar-refractivity contribution in [3.05, 3.63) is 0 Å². The van der Waals surface area contributed by atoms with Crippen LogP contribution in [0.5, 0.6) is 0 Å². The molecule has 2 saturated carbocycles. The molecule has 0 aromatic heterocycles. The van der Waals surface area contributed by atoms with Crippen LogP contribution in [0.25, 0.3) is 0 Å². The fourth-order valence-corrected chi connectivity index (χ4v) is 3.01. The van der Waals surface area contributed by atoms with E-state index >= 15 is 0 Å². The van der Waals surface area contributed by atoms with Crippen molar-refractivity contribution < 1.29 is 0 Å². The third-order valence-electron chi connectivity index (χ3n) is 4.43. The first-order chi connectivity index (χ1) is 6.77. The first kappa shape index (κ1) is 10.4. The maximum absolute atomic E-state index is 5.91. The average Bonchev–Trinajstić information content (AvgIpc) is 2.25. The highest BCUT2D eigenvalue weighted by atomic mass is 15.1. The van der Waals surface area contributed by atoms with E-state index in [1.807, 2.05) is 0 Å². The van der Waals surface area contributed by atoms with Crippen LogP contribution in [0.3, 0.4) is 0 Å². The van der Waals surface area contributed by atoms with Gasteiger partial charge in [-0.15, -0.1) is 0 Å². The van der Waals surface area contributed by atoms with Gasteiger partial charge in [0.1, 0.15) is 0 Å². The molecule has 2 atom stereocenters. The van der Waals surface area contributed by atoms with E-state index in [2.05, 4.69) is 12.2 Å². The number of rotatable bonds is 3. The quantitative estimate of drug-likeness (QED) is 0.725. The third-order valence-corrected chi connectivity index (χ3v) is 4.43. The normalized spacial score (nSPS) is 39.4. The molecule has 0 aromatic carbocycles. The van der Waals surface area contributed by atoms with Gasteiger partial charge in [0.25, 0.3) is 0 Å². The van der Waals surface area contributed by atoms with Crippen LogP contribution in [0.2, 0.25) is 0 Å². The molecule has 2 nitrogen and oxygen atoms in total. The SMILES string of the molecule is CC1CCC1(CN)NC1CCCCC1. The molecule has 14 heavy (non-hydrogen) atoms. The molecule has 0 bridgehead atoms. The second kappa shape index (κ2) is 4.19. The third kappa shape index (κ3) is 1.82. The van der Waals surface area contributed by atoms with Crippen molar-refractivity contribution in [2.24, 2.45) is 11.7 Å². The first-order valence-corrected chi connectivity index (χ1v) is 6.24. The number of hydrogen-bond acceptors (Lipinski definition) is 2. The molecule has 0 amide bonds. The van der Waals surface area contributed by atoms with Crippen molar-refractivity contribution in [1.82, 2.24) is 5.32 Å². The Balaban J connectivity index is 1.87. The van der Waals surface area contributed by atoms with Crippen LogP contribution >= 0.6 is 0 Å². The highest BCUT2D eigenvalue weighted by molar-refractivity contribution is 5.03. The molecule has 2 heteroatoms. The predicted octanol–water partition coefficient (Wildman–Crippen LogP) is 2.04. The fourth-order valence-electron chi connectivity index (χ4n) is 3.01. The molecule has 2 unspecified atom stereocenters. The molecule has 0 aliphatic heterocycles. The topological polar surface area (TPSA) is 38.0 Å². The Kier molecular flexibility index (Phi) is 3.13. The monoisotopic (exact) mass is 196 g/mol. The summed E-state index contributed by atoms with van der Waals surface area (Å²) in [7, 11) is 0. The molecule has 0 radical (unpaired) electrons. The molecular formula is C12H24N2. The van der Waals surface area contributed by atoms with Crippen LogP contribution in [0, 0.1) is 5.92 Å². The summed E-state index contributed by atoms with van der Waals surface area (Å²) in [4.78, 5) is 0. The van der Waals surface area contributed by atoms with Gasteiger partial charge in [-0.2, -0.15) is 0 Å². The molecule has 2 rings (SSSR count). The standard InChI is InChI=1S/C12H24N2/c1-10-7-8-12(10,9-13)14-11-5-3-2-4-6-11/h10-11,14H,2-9,13H2,1H3. The van der Waals surface area contributed by atoms with Crippen LogP contribution in [0.1, 0.15) is 51.9 Å².